The fourth-order valence-electron chi connectivity index (χ4n) is 1.76. The van der Waals surface area contributed by atoms with Crippen LogP contribution in [0.4, 0.5) is 0 Å². The second-order valence-electron chi connectivity index (χ2n) is 4.24. The summed E-state index contributed by atoms with van der Waals surface area (Å²) in [7, 11) is 0. The number of aliphatic carboxylic acids is 1. The molecule has 2 aromatic carbocycles. The van der Waals surface area contributed by atoms with Crippen LogP contribution in [-0.2, 0) is 11.2 Å². The molecule has 104 valence electrons. The Hall–Kier alpha value is -1.52. The third-order valence-electron chi connectivity index (χ3n) is 2.66. The molecule has 2 aromatic rings. The molecule has 0 unspecified atom stereocenters. The van der Waals surface area contributed by atoms with Crippen LogP contribution in [0.2, 0.25) is 5.02 Å². The van der Waals surface area contributed by atoms with Crippen molar-refractivity contribution in [2.75, 3.05) is 0 Å². The largest absolute Gasteiger partial charge is 0.478 e. The summed E-state index contributed by atoms with van der Waals surface area (Å²) in [6.45, 7) is 0. The van der Waals surface area contributed by atoms with Crippen molar-refractivity contribution in [3.63, 3.8) is 0 Å². The first-order chi connectivity index (χ1) is 9.54. The van der Waals surface area contributed by atoms with E-state index in [-0.39, 0.29) is 6.42 Å². The number of carboxylic acids is 1. The lowest BCUT2D eigenvalue weighted by Crippen LogP contribution is -2.29. The number of benzene rings is 2. The molecular weight excluding hydrogens is 344 g/mol. The maximum atomic E-state index is 11.3. The lowest BCUT2D eigenvalue weighted by Gasteiger charge is -2.15. The zero-order valence-corrected chi connectivity index (χ0v) is 12.8. The number of carbonyl (C=O) groups is 1. The van der Waals surface area contributed by atoms with E-state index >= 15 is 0 Å². The van der Waals surface area contributed by atoms with E-state index in [1.807, 2.05) is 24.3 Å². The standard InChI is InChI=1S/C15H12BrClO3/c16-11-4-1-3-10(7-11)8-14(15(18)19)20-13-6-2-5-12(17)9-13/h1-7,9,14H,8H2,(H,18,19)/t14-/m0/s1. The summed E-state index contributed by atoms with van der Waals surface area (Å²) in [5.74, 6) is -0.565. The molecule has 1 atom stereocenters. The molecule has 1 N–H and O–H groups in total. The minimum Gasteiger partial charge on any atom is -0.478 e. The van der Waals surface area contributed by atoms with E-state index in [4.69, 9.17) is 16.3 Å². The molecule has 0 saturated heterocycles. The van der Waals surface area contributed by atoms with Gasteiger partial charge >= 0.3 is 5.97 Å². The molecule has 2 rings (SSSR count). The van der Waals surface area contributed by atoms with Gasteiger partial charge in [0, 0.05) is 15.9 Å². The Morgan fingerprint density at radius 3 is 2.65 bits per heavy atom. The number of carboxylic acid groups (broad SMARTS) is 1. The van der Waals surface area contributed by atoms with Gasteiger partial charge in [-0.05, 0) is 35.9 Å². The monoisotopic (exact) mass is 354 g/mol. The van der Waals surface area contributed by atoms with Crippen LogP contribution in [-0.4, -0.2) is 17.2 Å². The predicted octanol–water partition coefficient (Wildman–Crippen LogP) is 4.18. The lowest BCUT2D eigenvalue weighted by molar-refractivity contribution is -0.145. The SMILES string of the molecule is O=C(O)[C@H](Cc1cccc(Br)c1)Oc1cccc(Cl)c1. The van der Waals surface area contributed by atoms with Crippen LogP contribution < -0.4 is 4.74 Å². The Bertz CT molecular complexity index is 568. The van der Waals surface area contributed by atoms with Gasteiger partial charge in [0.05, 0.1) is 0 Å². The quantitative estimate of drug-likeness (QED) is 0.875. The smallest absolute Gasteiger partial charge is 0.345 e. The molecule has 0 aliphatic heterocycles. The van der Waals surface area contributed by atoms with E-state index in [1.54, 1.807) is 24.3 Å². The van der Waals surface area contributed by atoms with Crippen molar-refractivity contribution in [3.05, 3.63) is 63.6 Å². The molecule has 0 bridgehead atoms. The first-order valence-electron chi connectivity index (χ1n) is 5.94. The average molecular weight is 356 g/mol. The van der Waals surface area contributed by atoms with Gasteiger partial charge in [-0.1, -0.05) is 45.7 Å². The van der Waals surface area contributed by atoms with Crippen LogP contribution in [0.25, 0.3) is 0 Å². The highest BCUT2D eigenvalue weighted by molar-refractivity contribution is 9.10. The predicted molar refractivity (Wildman–Crippen MR) is 81.3 cm³/mol. The molecule has 0 aliphatic rings. The summed E-state index contributed by atoms with van der Waals surface area (Å²) in [6, 6.07) is 14.2. The first kappa shape index (κ1) is 14.9. The summed E-state index contributed by atoms with van der Waals surface area (Å²) >= 11 is 9.22. The van der Waals surface area contributed by atoms with Gasteiger partial charge in [0.2, 0.25) is 0 Å². The van der Waals surface area contributed by atoms with Crippen molar-refractivity contribution in [2.45, 2.75) is 12.5 Å². The van der Waals surface area contributed by atoms with Crippen LogP contribution in [0.15, 0.2) is 53.0 Å². The van der Waals surface area contributed by atoms with Gasteiger partial charge in [-0.25, -0.2) is 4.79 Å². The van der Waals surface area contributed by atoms with Crippen LogP contribution in [0.5, 0.6) is 5.75 Å². The van der Waals surface area contributed by atoms with Gasteiger partial charge in [-0.15, -0.1) is 0 Å². The van der Waals surface area contributed by atoms with Crippen molar-refractivity contribution in [1.82, 2.24) is 0 Å². The van der Waals surface area contributed by atoms with Crippen molar-refractivity contribution in [2.24, 2.45) is 0 Å². The summed E-state index contributed by atoms with van der Waals surface area (Å²) in [6.07, 6.45) is -0.677. The van der Waals surface area contributed by atoms with Gasteiger partial charge in [0.1, 0.15) is 5.75 Å². The van der Waals surface area contributed by atoms with Gasteiger partial charge < -0.3 is 9.84 Å². The van der Waals surface area contributed by atoms with Crippen molar-refractivity contribution in [3.8, 4) is 5.75 Å². The molecule has 0 spiro atoms. The molecule has 0 amide bonds. The van der Waals surface area contributed by atoms with Crippen LogP contribution >= 0.6 is 27.5 Å². The van der Waals surface area contributed by atoms with E-state index in [9.17, 15) is 9.90 Å². The third-order valence-corrected chi connectivity index (χ3v) is 3.39. The molecule has 20 heavy (non-hydrogen) atoms. The molecular formula is C15H12BrClO3. The van der Waals surface area contributed by atoms with Gasteiger partial charge in [-0.2, -0.15) is 0 Å². The van der Waals surface area contributed by atoms with E-state index in [1.165, 1.54) is 0 Å². The second kappa shape index (κ2) is 6.77. The summed E-state index contributed by atoms with van der Waals surface area (Å²) in [5, 5.41) is 9.77. The van der Waals surface area contributed by atoms with Gasteiger partial charge in [0.25, 0.3) is 0 Å². The van der Waals surface area contributed by atoms with E-state index in [0.717, 1.165) is 10.0 Å². The van der Waals surface area contributed by atoms with E-state index in [0.29, 0.717) is 10.8 Å². The zero-order chi connectivity index (χ0) is 14.5. The second-order valence-corrected chi connectivity index (χ2v) is 5.59. The highest BCUT2D eigenvalue weighted by Gasteiger charge is 2.20. The lowest BCUT2D eigenvalue weighted by atomic mass is 10.1. The topological polar surface area (TPSA) is 46.5 Å². The van der Waals surface area contributed by atoms with E-state index < -0.39 is 12.1 Å². The Morgan fingerprint density at radius 2 is 2.00 bits per heavy atom. The Morgan fingerprint density at radius 1 is 1.25 bits per heavy atom. The minimum absolute atomic E-state index is 0.279. The van der Waals surface area contributed by atoms with Crippen LogP contribution in [0.1, 0.15) is 5.56 Å². The summed E-state index contributed by atoms with van der Waals surface area (Å²) < 4.78 is 6.41. The van der Waals surface area contributed by atoms with Crippen LogP contribution in [0.3, 0.4) is 0 Å². The summed E-state index contributed by atoms with van der Waals surface area (Å²) in [5.41, 5.74) is 0.883. The molecule has 3 nitrogen and oxygen atoms in total. The normalized spacial score (nSPS) is 11.9. The first-order valence-corrected chi connectivity index (χ1v) is 7.11. The number of ether oxygens (including phenoxy) is 1. The molecule has 0 radical (unpaired) electrons. The number of halogens is 2. The maximum absolute atomic E-state index is 11.3. The third kappa shape index (κ3) is 4.25. The fourth-order valence-corrected chi connectivity index (χ4v) is 2.39. The Balaban J connectivity index is 2.13. The molecule has 0 fully saturated rings. The highest BCUT2D eigenvalue weighted by atomic mass is 79.9. The number of hydrogen-bond donors (Lipinski definition) is 1. The van der Waals surface area contributed by atoms with Crippen LogP contribution in [0, 0.1) is 0 Å². The Labute approximate surface area is 130 Å². The van der Waals surface area contributed by atoms with Crippen molar-refractivity contribution < 1.29 is 14.6 Å². The zero-order valence-electron chi connectivity index (χ0n) is 10.4. The molecule has 5 heteroatoms. The molecule has 0 aromatic heterocycles. The maximum Gasteiger partial charge on any atom is 0.345 e. The minimum atomic E-state index is -1.01. The van der Waals surface area contributed by atoms with Gasteiger partial charge in [0.15, 0.2) is 6.10 Å². The molecule has 0 saturated carbocycles. The highest BCUT2D eigenvalue weighted by Crippen LogP contribution is 2.20. The summed E-state index contributed by atoms with van der Waals surface area (Å²) in [4.78, 5) is 11.3. The fraction of sp³-hybridized carbons (Fsp3) is 0.133. The van der Waals surface area contributed by atoms with Gasteiger partial charge in [-0.3, -0.25) is 0 Å². The van der Waals surface area contributed by atoms with Crippen molar-refractivity contribution >= 4 is 33.5 Å². The molecule has 0 heterocycles. The van der Waals surface area contributed by atoms with E-state index in [2.05, 4.69) is 15.9 Å². The van der Waals surface area contributed by atoms with Crippen molar-refractivity contribution in [1.29, 1.82) is 0 Å². The average Bonchev–Trinajstić information content (AvgIpc) is 2.38. The number of hydrogen-bond acceptors (Lipinski definition) is 2. The number of rotatable bonds is 5. The Kier molecular flexibility index (Phi) is 5.04. The molecule has 0 aliphatic carbocycles.